The van der Waals surface area contributed by atoms with E-state index in [9.17, 15) is 13.6 Å². The van der Waals surface area contributed by atoms with Crippen molar-refractivity contribution in [1.82, 2.24) is 14.9 Å². The fourth-order valence-electron chi connectivity index (χ4n) is 4.46. The van der Waals surface area contributed by atoms with E-state index in [4.69, 9.17) is 4.74 Å². The number of hydrogen-bond donors (Lipinski definition) is 1. The van der Waals surface area contributed by atoms with Gasteiger partial charge in [0.1, 0.15) is 23.2 Å². The second kappa shape index (κ2) is 10.9. The first-order valence-electron chi connectivity index (χ1n) is 12.5. The van der Waals surface area contributed by atoms with Crippen LogP contribution in [0.25, 0.3) is 22.0 Å². The van der Waals surface area contributed by atoms with Gasteiger partial charge in [0.15, 0.2) is 0 Å². The molecule has 0 saturated carbocycles. The molecule has 1 N–H and O–H groups in total. The molecule has 39 heavy (non-hydrogen) atoms. The van der Waals surface area contributed by atoms with Crippen molar-refractivity contribution in [2.24, 2.45) is 0 Å². The molecule has 1 amide bonds. The van der Waals surface area contributed by atoms with Crippen LogP contribution in [0.15, 0.2) is 54.6 Å². The number of methoxy groups -OCH3 is 1. The standard InChI is InChI=1S/C30H31F3N4O2/c1-17(22-8-7-9-24(28(22)31)30(3,32)33)34-29-23-15-20(10-12-25(23)35-18(2)36-29)19-11-13-26(39-6)21(14-19)16-27(38)37(4)5/h7-15,17H,16H2,1-6H3,(H,34,35,36)/t17-/m0/s1. The SMILES string of the molecule is COc1ccc(-c2ccc3nc(C)nc(N[C@@H](C)c4cccc(C(C)(F)F)c4F)c3c2)cc1CC(=O)N(C)C. The number of nitrogens with zero attached hydrogens (tertiary/aromatic N) is 3. The first-order valence-corrected chi connectivity index (χ1v) is 12.5. The molecule has 4 rings (SSSR count). The zero-order valence-electron chi connectivity index (χ0n) is 22.8. The molecule has 4 aromatic rings. The first kappa shape index (κ1) is 27.9. The number of nitrogens with one attached hydrogen (secondary N) is 1. The minimum Gasteiger partial charge on any atom is -0.496 e. The minimum absolute atomic E-state index is 0.0505. The molecule has 0 aliphatic heterocycles. The molecule has 0 spiro atoms. The summed E-state index contributed by atoms with van der Waals surface area (Å²) in [4.78, 5) is 23.0. The van der Waals surface area contributed by atoms with Gasteiger partial charge in [-0.2, -0.15) is 0 Å². The van der Waals surface area contributed by atoms with Gasteiger partial charge in [-0.3, -0.25) is 4.79 Å². The van der Waals surface area contributed by atoms with Crippen LogP contribution < -0.4 is 10.1 Å². The second-order valence-corrected chi connectivity index (χ2v) is 9.81. The number of ether oxygens (including phenoxy) is 1. The molecule has 1 heterocycles. The summed E-state index contributed by atoms with van der Waals surface area (Å²) in [6.45, 7) is 4.12. The van der Waals surface area contributed by atoms with Gasteiger partial charge in [0.25, 0.3) is 5.92 Å². The molecule has 6 nitrogen and oxygen atoms in total. The number of fused-ring (bicyclic) bond motifs is 1. The number of carbonyl (C=O) groups is 1. The van der Waals surface area contributed by atoms with Crippen LogP contribution in [0.4, 0.5) is 19.0 Å². The smallest absolute Gasteiger partial charge is 0.273 e. The lowest BCUT2D eigenvalue weighted by Gasteiger charge is -2.20. The van der Waals surface area contributed by atoms with Crippen molar-refractivity contribution in [2.45, 2.75) is 39.2 Å². The topological polar surface area (TPSA) is 67.4 Å². The number of aromatic nitrogens is 2. The summed E-state index contributed by atoms with van der Waals surface area (Å²) >= 11 is 0. The van der Waals surface area contributed by atoms with Gasteiger partial charge in [-0.05, 0) is 49.2 Å². The van der Waals surface area contributed by atoms with Gasteiger partial charge in [0, 0.05) is 37.5 Å². The zero-order valence-corrected chi connectivity index (χ0v) is 22.8. The Morgan fingerprint density at radius 3 is 2.44 bits per heavy atom. The van der Waals surface area contributed by atoms with E-state index in [1.165, 1.54) is 17.0 Å². The van der Waals surface area contributed by atoms with E-state index < -0.39 is 23.3 Å². The fourth-order valence-corrected chi connectivity index (χ4v) is 4.46. The van der Waals surface area contributed by atoms with E-state index in [0.717, 1.165) is 22.8 Å². The Labute approximate surface area is 225 Å². The summed E-state index contributed by atoms with van der Waals surface area (Å²) in [5, 5.41) is 3.89. The number of likely N-dealkylation sites (N-methyl/N-ethyl adjacent to an activating group) is 1. The Bertz CT molecular complexity index is 1530. The average molecular weight is 537 g/mol. The summed E-state index contributed by atoms with van der Waals surface area (Å²) in [5.41, 5.74) is 2.60. The number of amides is 1. The monoisotopic (exact) mass is 536 g/mol. The maximum atomic E-state index is 15.1. The number of hydrogen-bond acceptors (Lipinski definition) is 5. The number of halogens is 3. The van der Waals surface area contributed by atoms with Crippen LogP contribution in [-0.4, -0.2) is 42.0 Å². The summed E-state index contributed by atoms with van der Waals surface area (Å²) in [5.74, 6) is -2.72. The maximum Gasteiger partial charge on any atom is 0.273 e. The van der Waals surface area contributed by atoms with Crippen LogP contribution in [0.5, 0.6) is 5.75 Å². The molecule has 9 heteroatoms. The molecule has 204 valence electrons. The van der Waals surface area contributed by atoms with Gasteiger partial charge in [0.2, 0.25) is 5.91 Å². The quantitative estimate of drug-likeness (QED) is 0.273. The van der Waals surface area contributed by atoms with E-state index in [1.54, 1.807) is 35.1 Å². The molecule has 0 saturated heterocycles. The van der Waals surface area contributed by atoms with Crippen LogP contribution >= 0.6 is 0 Å². The Kier molecular flexibility index (Phi) is 7.81. The Morgan fingerprint density at radius 1 is 1.08 bits per heavy atom. The van der Waals surface area contributed by atoms with Gasteiger partial charge in [-0.25, -0.2) is 23.1 Å². The Balaban J connectivity index is 1.75. The lowest BCUT2D eigenvalue weighted by Crippen LogP contribution is -2.23. The third-order valence-corrected chi connectivity index (χ3v) is 6.58. The van der Waals surface area contributed by atoms with Gasteiger partial charge < -0.3 is 15.0 Å². The van der Waals surface area contributed by atoms with Crippen molar-refractivity contribution >= 4 is 22.6 Å². The summed E-state index contributed by atoms with van der Waals surface area (Å²) in [7, 11) is 4.97. The van der Waals surface area contributed by atoms with Gasteiger partial charge >= 0.3 is 0 Å². The molecular weight excluding hydrogens is 505 g/mol. The van der Waals surface area contributed by atoms with Crippen LogP contribution in [-0.2, 0) is 17.1 Å². The number of alkyl halides is 2. The number of aryl methyl sites for hydroxylation is 1. The zero-order chi connectivity index (χ0) is 28.5. The lowest BCUT2D eigenvalue weighted by atomic mass is 9.98. The van der Waals surface area contributed by atoms with E-state index in [2.05, 4.69) is 15.3 Å². The van der Waals surface area contributed by atoms with Crippen LogP contribution in [0.2, 0.25) is 0 Å². The highest BCUT2D eigenvalue weighted by Gasteiger charge is 2.30. The largest absolute Gasteiger partial charge is 0.496 e. The molecule has 0 aliphatic rings. The Hall–Kier alpha value is -4.14. The van der Waals surface area contributed by atoms with Crippen LogP contribution in [0.1, 0.15) is 42.4 Å². The Morgan fingerprint density at radius 2 is 1.77 bits per heavy atom. The van der Waals surface area contributed by atoms with Crippen molar-refractivity contribution < 1.29 is 22.7 Å². The third kappa shape index (κ3) is 5.97. The predicted molar refractivity (Wildman–Crippen MR) is 147 cm³/mol. The van der Waals surface area contributed by atoms with Gasteiger partial charge in [-0.1, -0.05) is 30.3 Å². The molecule has 3 aromatic carbocycles. The highest BCUT2D eigenvalue weighted by atomic mass is 19.3. The van der Waals surface area contributed by atoms with Crippen LogP contribution in [0, 0.1) is 12.7 Å². The van der Waals surface area contributed by atoms with Gasteiger partial charge in [-0.15, -0.1) is 0 Å². The van der Waals surface area contributed by atoms with Crippen molar-refractivity contribution in [3.63, 3.8) is 0 Å². The number of anilines is 1. The van der Waals surface area contributed by atoms with Crippen molar-refractivity contribution in [3.05, 3.63) is 82.9 Å². The van der Waals surface area contributed by atoms with E-state index in [0.29, 0.717) is 35.2 Å². The van der Waals surface area contributed by atoms with Crippen LogP contribution in [0.3, 0.4) is 0 Å². The minimum atomic E-state index is -3.30. The summed E-state index contributed by atoms with van der Waals surface area (Å²) < 4.78 is 48.4. The molecule has 0 aliphatic carbocycles. The highest BCUT2D eigenvalue weighted by molar-refractivity contribution is 5.93. The molecule has 0 bridgehead atoms. The molecular formula is C30H31F3N4O2. The summed E-state index contributed by atoms with van der Waals surface area (Å²) in [6.07, 6.45) is 0.186. The normalized spacial score (nSPS) is 12.3. The maximum absolute atomic E-state index is 15.1. The number of rotatable bonds is 8. The van der Waals surface area contributed by atoms with Crippen molar-refractivity contribution in [1.29, 1.82) is 0 Å². The second-order valence-electron chi connectivity index (χ2n) is 9.81. The average Bonchev–Trinajstić information content (AvgIpc) is 2.87. The van der Waals surface area contributed by atoms with Crippen molar-refractivity contribution in [3.8, 4) is 16.9 Å². The number of benzene rings is 3. The van der Waals surface area contributed by atoms with Crippen molar-refractivity contribution in [2.75, 3.05) is 26.5 Å². The lowest BCUT2D eigenvalue weighted by molar-refractivity contribution is -0.127. The van der Waals surface area contributed by atoms with Gasteiger partial charge in [0.05, 0.1) is 30.7 Å². The molecule has 0 unspecified atom stereocenters. The predicted octanol–water partition coefficient (Wildman–Crippen LogP) is 6.67. The number of carbonyl (C=O) groups excluding carboxylic acids is 1. The first-order chi connectivity index (χ1) is 18.4. The van der Waals surface area contributed by atoms with E-state index in [1.807, 2.05) is 36.4 Å². The molecule has 0 fully saturated rings. The molecule has 1 atom stereocenters. The van der Waals surface area contributed by atoms with E-state index in [-0.39, 0.29) is 17.9 Å². The summed E-state index contributed by atoms with van der Waals surface area (Å²) in [6, 6.07) is 14.7. The molecule has 0 radical (unpaired) electrons. The fraction of sp³-hybridized carbons (Fsp3) is 0.300. The van der Waals surface area contributed by atoms with E-state index >= 15 is 4.39 Å². The highest BCUT2D eigenvalue weighted by Crippen LogP contribution is 2.35. The third-order valence-electron chi connectivity index (χ3n) is 6.58. The molecule has 1 aromatic heterocycles.